The van der Waals surface area contributed by atoms with E-state index in [2.05, 4.69) is 20.5 Å². The Bertz CT molecular complexity index is 579. The number of carbonyl (C=O) groups excluding carboxylic acids is 1. The Labute approximate surface area is 107 Å². The predicted molar refractivity (Wildman–Crippen MR) is 63.6 cm³/mol. The molecular weight excluding hydrogens is 255 g/mol. The first-order chi connectivity index (χ1) is 9.11. The van der Waals surface area contributed by atoms with E-state index >= 15 is 0 Å². The van der Waals surface area contributed by atoms with Crippen LogP contribution in [0.2, 0.25) is 0 Å². The third kappa shape index (κ3) is 2.79. The fourth-order valence-corrected chi connectivity index (χ4v) is 1.40. The van der Waals surface area contributed by atoms with Crippen molar-refractivity contribution in [3.8, 4) is 11.8 Å². The standard InChI is InChI=1S/C11H11FN4O3/c1-2-19-11-14-10(15-16-11)13-9(18)8-6(12)4-3-5-7(8)17/h3-5,17H,2H2,1H3,(H2,13,14,15,16,18). The zero-order valence-corrected chi connectivity index (χ0v) is 9.98. The lowest BCUT2D eigenvalue weighted by atomic mass is 10.2. The minimum atomic E-state index is -0.838. The molecule has 19 heavy (non-hydrogen) atoms. The number of phenols is 1. The van der Waals surface area contributed by atoms with Crippen molar-refractivity contribution in [2.75, 3.05) is 11.9 Å². The highest BCUT2D eigenvalue weighted by atomic mass is 19.1. The van der Waals surface area contributed by atoms with Crippen LogP contribution in [-0.2, 0) is 0 Å². The molecule has 0 spiro atoms. The zero-order chi connectivity index (χ0) is 13.8. The van der Waals surface area contributed by atoms with Crippen molar-refractivity contribution >= 4 is 11.9 Å². The average Bonchev–Trinajstić information content (AvgIpc) is 2.77. The molecule has 0 aliphatic carbocycles. The maximum Gasteiger partial charge on any atom is 0.337 e. The number of phenolic OH excluding ortho intramolecular Hbond substituents is 1. The van der Waals surface area contributed by atoms with Crippen LogP contribution in [0.3, 0.4) is 0 Å². The summed E-state index contributed by atoms with van der Waals surface area (Å²) < 4.78 is 18.4. The molecule has 0 saturated carbocycles. The van der Waals surface area contributed by atoms with Gasteiger partial charge in [0.05, 0.1) is 6.61 Å². The van der Waals surface area contributed by atoms with Gasteiger partial charge in [-0.1, -0.05) is 6.07 Å². The summed E-state index contributed by atoms with van der Waals surface area (Å²) in [4.78, 5) is 15.6. The van der Waals surface area contributed by atoms with Crippen molar-refractivity contribution in [2.24, 2.45) is 0 Å². The number of halogens is 1. The van der Waals surface area contributed by atoms with E-state index in [0.29, 0.717) is 6.61 Å². The molecule has 0 aliphatic heterocycles. The van der Waals surface area contributed by atoms with Crippen molar-refractivity contribution in [3.63, 3.8) is 0 Å². The van der Waals surface area contributed by atoms with Crippen LogP contribution in [0.25, 0.3) is 0 Å². The van der Waals surface area contributed by atoms with Crippen molar-refractivity contribution in [1.29, 1.82) is 0 Å². The fourth-order valence-electron chi connectivity index (χ4n) is 1.40. The van der Waals surface area contributed by atoms with Crippen LogP contribution in [0.5, 0.6) is 11.8 Å². The van der Waals surface area contributed by atoms with Gasteiger partial charge in [0.2, 0.25) is 5.95 Å². The lowest BCUT2D eigenvalue weighted by molar-refractivity contribution is 0.101. The Hall–Kier alpha value is -2.64. The molecule has 0 atom stereocenters. The van der Waals surface area contributed by atoms with E-state index in [0.717, 1.165) is 6.07 Å². The van der Waals surface area contributed by atoms with Gasteiger partial charge in [0.25, 0.3) is 5.91 Å². The smallest absolute Gasteiger partial charge is 0.337 e. The van der Waals surface area contributed by atoms with Crippen LogP contribution in [-0.4, -0.2) is 32.8 Å². The maximum atomic E-state index is 13.4. The Morgan fingerprint density at radius 2 is 2.37 bits per heavy atom. The molecule has 0 aliphatic rings. The lowest BCUT2D eigenvalue weighted by Gasteiger charge is -2.04. The molecule has 1 heterocycles. The van der Waals surface area contributed by atoms with Gasteiger partial charge in [0.1, 0.15) is 17.1 Å². The van der Waals surface area contributed by atoms with Gasteiger partial charge in [-0.25, -0.2) is 9.49 Å². The van der Waals surface area contributed by atoms with E-state index in [-0.39, 0.29) is 12.0 Å². The quantitative estimate of drug-likeness (QED) is 0.774. The topological polar surface area (TPSA) is 100 Å². The van der Waals surface area contributed by atoms with Crippen molar-refractivity contribution in [1.82, 2.24) is 15.2 Å². The number of aromatic nitrogens is 3. The van der Waals surface area contributed by atoms with Crippen LogP contribution in [0.4, 0.5) is 10.3 Å². The van der Waals surface area contributed by atoms with E-state index in [1.54, 1.807) is 6.92 Å². The normalized spacial score (nSPS) is 10.2. The summed E-state index contributed by atoms with van der Waals surface area (Å²) in [6.07, 6.45) is 0. The third-order valence-electron chi connectivity index (χ3n) is 2.19. The van der Waals surface area contributed by atoms with E-state index < -0.39 is 23.0 Å². The van der Waals surface area contributed by atoms with Gasteiger partial charge in [-0.2, -0.15) is 4.98 Å². The van der Waals surface area contributed by atoms with Crippen LogP contribution >= 0.6 is 0 Å². The average molecular weight is 266 g/mol. The summed E-state index contributed by atoms with van der Waals surface area (Å²) in [6, 6.07) is 3.64. The summed E-state index contributed by atoms with van der Waals surface area (Å²) in [5, 5.41) is 17.8. The van der Waals surface area contributed by atoms with Gasteiger partial charge in [0, 0.05) is 0 Å². The van der Waals surface area contributed by atoms with Gasteiger partial charge in [0.15, 0.2) is 0 Å². The number of rotatable bonds is 4. The summed E-state index contributed by atoms with van der Waals surface area (Å²) in [5.74, 6) is -2.13. The fraction of sp³-hybridized carbons (Fsp3) is 0.182. The number of nitrogens with one attached hydrogen (secondary N) is 2. The number of H-pyrrole nitrogens is 1. The molecule has 2 aromatic rings. The second kappa shape index (κ2) is 5.34. The number of carbonyl (C=O) groups is 1. The number of hydrogen-bond acceptors (Lipinski definition) is 5. The van der Waals surface area contributed by atoms with Crippen LogP contribution in [0, 0.1) is 5.82 Å². The van der Waals surface area contributed by atoms with Gasteiger partial charge in [-0.3, -0.25) is 10.1 Å². The van der Waals surface area contributed by atoms with Gasteiger partial charge in [-0.15, -0.1) is 5.10 Å². The SMILES string of the molecule is CCOc1n[nH]c(NC(=O)c2c(O)cccc2F)n1. The number of aromatic hydroxyl groups is 1. The summed E-state index contributed by atoms with van der Waals surface area (Å²) in [7, 11) is 0. The van der Waals surface area contributed by atoms with Gasteiger partial charge in [-0.05, 0) is 19.1 Å². The molecule has 1 aromatic carbocycles. The van der Waals surface area contributed by atoms with Crippen LogP contribution in [0.1, 0.15) is 17.3 Å². The van der Waals surface area contributed by atoms with Crippen molar-refractivity contribution in [3.05, 3.63) is 29.6 Å². The Balaban J connectivity index is 2.16. The van der Waals surface area contributed by atoms with Crippen molar-refractivity contribution in [2.45, 2.75) is 6.92 Å². The van der Waals surface area contributed by atoms with Crippen LogP contribution < -0.4 is 10.1 Å². The highest BCUT2D eigenvalue weighted by Crippen LogP contribution is 2.20. The molecule has 1 aromatic heterocycles. The largest absolute Gasteiger partial charge is 0.507 e. The number of hydrogen-bond donors (Lipinski definition) is 3. The molecule has 100 valence electrons. The first kappa shape index (κ1) is 12.8. The van der Waals surface area contributed by atoms with E-state index in [4.69, 9.17) is 4.74 Å². The Kier molecular flexibility index (Phi) is 3.60. The molecule has 0 fully saturated rings. The molecule has 0 unspecified atom stereocenters. The molecule has 0 radical (unpaired) electrons. The molecule has 3 N–H and O–H groups in total. The van der Waals surface area contributed by atoms with Gasteiger partial charge >= 0.3 is 6.01 Å². The maximum absolute atomic E-state index is 13.4. The second-order valence-electron chi connectivity index (χ2n) is 3.49. The number of aromatic amines is 1. The first-order valence-electron chi connectivity index (χ1n) is 5.46. The first-order valence-corrected chi connectivity index (χ1v) is 5.46. The molecule has 0 saturated heterocycles. The molecule has 0 bridgehead atoms. The third-order valence-corrected chi connectivity index (χ3v) is 2.19. The van der Waals surface area contributed by atoms with E-state index in [9.17, 15) is 14.3 Å². The summed E-state index contributed by atoms with van der Waals surface area (Å²) in [6.45, 7) is 2.13. The Morgan fingerprint density at radius 1 is 1.58 bits per heavy atom. The van der Waals surface area contributed by atoms with Crippen LogP contribution in [0.15, 0.2) is 18.2 Å². The minimum Gasteiger partial charge on any atom is -0.507 e. The monoisotopic (exact) mass is 266 g/mol. The highest BCUT2D eigenvalue weighted by molar-refractivity contribution is 6.05. The number of nitrogens with zero attached hydrogens (tertiary/aromatic N) is 2. The molecule has 7 nitrogen and oxygen atoms in total. The molecular formula is C11H11FN4O3. The molecule has 2 rings (SSSR count). The number of anilines is 1. The highest BCUT2D eigenvalue weighted by Gasteiger charge is 2.18. The zero-order valence-electron chi connectivity index (χ0n) is 9.98. The summed E-state index contributed by atoms with van der Waals surface area (Å²) >= 11 is 0. The predicted octanol–water partition coefficient (Wildman–Crippen LogP) is 1.30. The van der Waals surface area contributed by atoms with Crippen molar-refractivity contribution < 1.29 is 19.0 Å². The number of ether oxygens (including phenoxy) is 1. The number of amides is 1. The Morgan fingerprint density at radius 3 is 3.05 bits per heavy atom. The van der Waals surface area contributed by atoms with E-state index in [1.807, 2.05) is 0 Å². The minimum absolute atomic E-state index is 0.00361. The molecule has 8 heteroatoms. The second-order valence-corrected chi connectivity index (χ2v) is 3.49. The molecule has 1 amide bonds. The van der Waals surface area contributed by atoms with Gasteiger partial charge < -0.3 is 9.84 Å². The lowest BCUT2D eigenvalue weighted by Crippen LogP contribution is -2.15. The van der Waals surface area contributed by atoms with E-state index in [1.165, 1.54) is 12.1 Å². The number of benzene rings is 1. The summed E-state index contributed by atoms with van der Waals surface area (Å²) in [5.41, 5.74) is -0.461.